The summed E-state index contributed by atoms with van der Waals surface area (Å²) in [6.45, 7) is 1.80. The standard InChI is InChI=1S/C21H18FN7O/c1-12-7-15(22)14(8-18(12)29-9-17(24-11-29)13-5-6-13)21(30)27-19-4-2-3-16(26-19)20-23-10-25-28-20/h2-4,7-11,13H,5-6H2,1H3,(H,23,25,28)(H,26,27,30). The number of aryl methyl sites for hydroxylation is 1. The lowest BCUT2D eigenvalue weighted by atomic mass is 10.1. The minimum atomic E-state index is -0.595. The lowest BCUT2D eigenvalue weighted by Crippen LogP contribution is -2.16. The number of hydrogen-bond donors (Lipinski definition) is 2. The highest BCUT2D eigenvalue weighted by atomic mass is 19.1. The van der Waals surface area contributed by atoms with Gasteiger partial charge in [0.15, 0.2) is 5.82 Å². The second-order valence-corrected chi connectivity index (χ2v) is 7.29. The van der Waals surface area contributed by atoms with E-state index in [9.17, 15) is 9.18 Å². The van der Waals surface area contributed by atoms with Crippen molar-refractivity contribution < 1.29 is 9.18 Å². The quantitative estimate of drug-likeness (QED) is 0.530. The summed E-state index contributed by atoms with van der Waals surface area (Å²) in [7, 11) is 0. The molecule has 2 N–H and O–H groups in total. The molecule has 0 bridgehead atoms. The molecule has 0 unspecified atom stereocenters. The predicted octanol–water partition coefficient (Wildman–Crippen LogP) is 3.63. The first kappa shape index (κ1) is 18.2. The number of imidazole rings is 1. The van der Waals surface area contributed by atoms with Crippen molar-refractivity contribution in [3.8, 4) is 17.2 Å². The van der Waals surface area contributed by atoms with Crippen LogP contribution in [-0.2, 0) is 0 Å². The molecule has 4 aromatic rings. The molecule has 30 heavy (non-hydrogen) atoms. The monoisotopic (exact) mass is 403 g/mol. The van der Waals surface area contributed by atoms with E-state index in [1.54, 1.807) is 37.5 Å². The van der Waals surface area contributed by atoms with E-state index >= 15 is 0 Å². The van der Waals surface area contributed by atoms with Crippen molar-refractivity contribution >= 4 is 11.7 Å². The van der Waals surface area contributed by atoms with Crippen molar-refractivity contribution in [2.24, 2.45) is 0 Å². The van der Waals surface area contributed by atoms with Crippen LogP contribution in [0.15, 0.2) is 49.2 Å². The van der Waals surface area contributed by atoms with E-state index in [1.165, 1.54) is 12.4 Å². The summed E-state index contributed by atoms with van der Waals surface area (Å²) in [5.74, 6) is 0.0919. The van der Waals surface area contributed by atoms with Crippen molar-refractivity contribution in [1.29, 1.82) is 0 Å². The Morgan fingerprint density at radius 2 is 2.13 bits per heavy atom. The van der Waals surface area contributed by atoms with Gasteiger partial charge in [-0.2, -0.15) is 5.10 Å². The molecule has 3 aromatic heterocycles. The number of pyridine rings is 1. The largest absolute Gasteiger partial charge is 0.306 e. The number of hydrogen-bond acceptors (Lipinski definition) is 5. The molecule has 150 valence electrons. The molecule has 0 radical (unpaired) electrons. The third kappa shape index (κ3) is 3.45. The number of nitrogens with zero attached hydrogens (tertiary/aromatic N) is 5. The Kier molecular flexibility index (Phi) is 4.35. The molecule has 1 aliphatic rings. The Labute approximate surface area is 171 Å². The third-order valence-electron chi connectivity index (χ3n) is 5.05. The van der Waals surface area contributed by atoms with Gasteiger partial charge in [0, 0.05) is 12.1 Å². The minimum absolute atomic E-state index is 0.0656. The summed E-state index contributed by atoms with van der Waals surface area (Å²) in [5, 5.41) is 9.16. The first-order chi connectivity index (χ1) is 14.6. The van der Waals surface area contributed by atoms with Crippen LogP contribution in [0.5, 0.6) is 0 Å². The van der Waals surface area contributed by atoms with Crippen molar-refractivity contribution in [3.63, 3.8) is 0 Å². The Hall–Kier alpha value is -3.88. The molecule has 1 amide bonds. The van der Waals surface area contributed by atoms with E-state index in [4.69, 9.17) is 0 Å². The van der Waals surface area contributed by atoms with Gasteiger partial charge in [-0.1, -0.05) is 6.07 Å². The number of benzene rings is 1. The lowest BCUT2D eigenvalue weighted by Gasteiger charge is -2.11. The van der Waals surface area contributed by atoms with Crippen molar-refractivity contribution in [1.82, 2.24) is 29.7 Å². The van der Waals surface area contributed by atoms with Gasteiger partial charge in [0.2, 0.25) is 0 Å². The SMILES string of the molecule is Cc1cc(F)c(C(=O)Nc2cccc(-c3ncn[nH]3)n2)cc1-n1cnc(C2CC2)c1. The van der Waals surface area contributed by atoms with E-state index in [-0.39, 0.29) is 11.4 Å². The van der Waals surface area contributed by atoms with Crippen LogP contribution in [0.2, 0.25) is 0 Å². The van der Waals surface area contributed by atoms with Gasteiger partial charge >= 0.3 is 0 Å². The first-order valence-electron chi connectivity index (χ1n) is 9.57. The van der Waals surface area contributed by atoms with E-state index in [0.29, 0.717) is 28.7 Å². The van der Waals surface area contributed by atoms with Gasteiger partial charge < -0.3 is 9.88 Å². The zero-order valence-corrected chi connectivity index (χ0v) is 16.1. The summed E-state index contributed by atoms with van der Waals surface area (Å²) in [6.07, 6.45) is 7.32. The highest BCUT2D eigenvalue weighted by molar-refractivity contribution is 6.04. The molecule has 1 saturated carbocycles. The van der Waals surface area contributed by atoms with Crippen LogP contribution in [-0.4, -0.2) is 35.6 Å². The molecule has 0 aliphatic heterocycles. The molecular weight excluding hydrogens is 385 g/mol. The van der Waals surface area contributed by atoms with Crippen LogP contribution >= 0.6 is 0 Å². The summed E-state index contributed by atoms with van der Waals surface area (Å²) in [4.78, 5) is 25.6. The average Bonchev–Trinajstić information content (AvgIpc) is 3.23. The molecular formula is C21H18FN7O. The summed E-state index contributed by atoms with van der Waals surface area (Å²) in [5.41, 5.74) is 2.90. The van der Waals surface area contributed by atoms with E-state index < -0.39 is 11.7 Å². The van der Waals surface area contributed by atoms with Crippen molar-refractivity contribution in [2.75, 3.05) is 5.32 Å². The maximum Gasteiger partial charge on any atom is 0.259 e. The number of carbonyl (C=O) groups is 1. The summed E-state index contributed by atoms with van der Waals surface area (Å²) < 4.78 is 16.5. The smallest absolute Gasteiger partial charge is 0.259 e. The fraction of sp³-hybridized carbons (Fsp3) is 0.190. The van der Waals surface area contributed by atoms with Gasteiger partial charge in [-0.3, -0.25) is 9.89 Å². The molecule has 3 heterocycles. The number of rotatable bonds is 5. The maximum atomic E-state index is 14.6. The van der Waals surface area contributed by atoms with Crippen LogP contribution in [0.25, 0.3) is 17.2 Å². The van der Waals surface area contributed by atoms with Crippen LogP contribution in [0.1, 0.15) is 40.4 Å². The first-order valence-corrected chi connectivity index (χ1v) is 9.57. The van der Waals surface area contributed by atoms with Crippen LogP contribution in [0.3, 0.4) is 0 Å². The second-order valence-electron chi connectivity index (χ2n) is 7.29. The van der Waals surface area contributed by atoms with Gasteiger partial charge in [-0.05, 0) is 49.6 Å². The molecule has 1 aromatic carbocycles. The summed E-state index contributed by atoms with van der Waals surface area (Å²) in [6, 6.07) is 7.99. The molecule has 0 saturated heterocycles. The number of nitrogens with one attached hydrogen (secondary N) is 2. The van der Waals surface area contributed by atoms with Crippen molar-refractivity contribution in [3.05, 3.63) is 71.8 Å². The molecule has 8 nitrogen and oxygen atoms in total. The molecule has 1 fully saturated rings. The van der Waals surface area contributed by atoms with Gasteiger partial charge in [-0.15, -0.1) is 0 Å². The normalized spacial score (nSPS) is 13.4. The fourth-order valence-electron chi connectivity index (χ4n) is 3.32. The maximum absolute atomic E-state index is 14.6. The third-order valence-corrected chi connectivity index (χ3v) is 5.05. The summed E-state index contributed by atoms with van der Waals surface area (Å²) >= 11 is 0. The van der Waals surface area contributed by atoms with Gasteiger partial charge in [0.1, 0.15) is 23.7 Å². The van der Waals surface area contributed by atoms with E-state index in [2.05, 4.69) is 30.5 Å². The Morgan fingerprint density at radius 3 is 2.90 bits per heavy atom. The zero-order valence-electron chi connectivity index (χ0n) is 16.1. The number of halogens is 1. The van der Waals surface area contributed by atoms with Crippen LogP contribution in [0.4, 0.5) is 10.2 Å². The second kappa shape index (κ2) is 7.18. The lowest BCUT2D eigenvalue weighted by molar-refractivity contribution is 0.102. The molecule has 0 spiro atoms. The Bertz CT molecular complexity index is 1230. The highest BCUT2D eigenvalue weighted by Gasteiger charge is 2.26. The van der Waals surface area contributed by atoms with E-state index in [1.807, 2.05) is 10.8 Å². The Balaban J connectivity index is 1.43. The zero-order chi connectivity index (χ0) is 20.7. The number of anilines is 1. The fourth-order valence-corrected chi connectivity index (χ4v) is 3.32. The molecule has 9 heteroatoms. The van der Waals surface area contributed by atoms with E-state index in [0.717, 1.165) is 18.5 Å². The van der Waals surface area contributed by atoms with Crippen LogP contribution in [0, 0.1) is 12.7 Å². The molecule has 1 aliphatic carbocycles. The predicted molar refractivity (Wildman–Crippen MR) is 108 cm³/mol. The van der Waals surface area contributed by atoms with Crippen LogP contribution < -0.4 is 5.32 Å². The number of aromatic amines is 1. The number of amides is 1. The highest BCUT2D eigenvalue weighted by Crippen LogP contribution is 2.39. The van der Waals surface area contributed by atoms with Gasteiger partial charge in [-0.25, -0.2) is 19.3 Å². The number of H-pyrrole nitrogens is 1. The van der Waals surface area contributed by atoms with Gasteiger partial charge in [0.25, 0.3) is 5.91 Å². The molecule has 5 rings (SSSR count). The topological polar surface area (TPSA) is 101 Å². The molecule has 0 atom stereocenters. The number of carbonyl (C=O) groups excluding carboxylic acids is 1. The number of aromatic nitrogens is 6. The Morgan fingerprint density at radius 1 is 1.27 bits per heavy atom. The minimum Gasteiger partial charge on any atom is -0.306 e. The average molecular weight is 403 g/mol. The van der Waals surface area contributed by atoms with Crippen molar-refractivity contribution in [2.45, 2.75) is 25.7 Å². The van der Waals surface area contributed by atoms with Gasteiger partial charge in [0.05, 0.1) is 23.3 Å².